The van der Waals surface area contributed by atoms with Crippen LogP contribution in [0.5, 0.6) is 5.75 Å². The number of rotatable bonds is 8. The van der Waals surface area contributed by atoms with E-state index in [0.29, 0.717) is 34.7 Å². The van der Waals surface area contributed by atoms with Crippen LogP contribution in [0.1, 0.15) is 63.2 Å². The molecule has 0 aliphatic heterocycles. The summed E-state index contributed by atoms with van der Waals surface area (Å²) in [6.45, 7) is 9.56. The van der Waals surface area contributed by atoms with Crippen LogP contribution in [0, 0.1) is 19.8 Å². The third-order valence-corrected chi connectivity index (χ3v) is 5.08. The Balaban J connectivity index is 2.40. The number of aromatic nitrogens is 1. The molecule has 1 unspecified atom stereocenters. The Kier molecular flexibility index (Phi) is 7.43. The lowest BCUT2D eigenvalue weighted by molar-refractivity contribution is 0.0591. The Morgan fingerprint density at radius 3 is 2.13 bits per heavy atom. The van der Waals surface area contributed by atoms with Gasteiger partial charge in [-0.2, -0.15) is 0 Å². The van der Waals surface area contributed by atoms with E-state index < -0.39 is 12.0 Å². The number of nitrogens with zero attached hydrogens (tertiary/aromatic N) is 1. The lowest BCUT2D eigenvalue weighted by Gasteiger charge is -2.30. The molecule has 0 radical (unpaired) electrons. The van der Waals surface area contributed by atoms with Crippen LogP contribution in [0.3, 0.4) is 0 Å². The predicted molar refractivity (Wildman–Crippen MR) is 114 cm³/mol. The normalized spacial score (nSPS) is 11.9. The van der Waals surface area contributed by atoms with Crippen molar-refractivity contribution in [2.45, 2.75) is 40.7 Å². The van der Waals surface area contributed by atoms with E-state index in [1.807, 2.05) is 13.8 Å². The molecule has 0 saturated carbocycles. The number of aromatic amines is 1. The van der Waals surface area contributed by atoms with Crippen molar-refractivity contribution in [1.29, 1.82) is 0 Å². The van der Waals surface area contributed by atoms with Gasteiger partial charge in [0, 0.05) is 23.4 Å². The van der Waals surface area contributed by atoms with Crippen molar-refractivity contribution in [1.82, 2.24) is 9.88 Å². The minimum atomic E-state index is -0.708. The highest BCUT2D eigenvalue weighted by molar-refractivity contribution is 6.07. The molecule has 30 heavy (non-hydrogen) atoms. The minimum absolute atomic E-state index is 0.168. The van der Waals surface area contributed by atoms with Crippen molar-refractivity contribution in [3.8, 4) is 5.75 Å². The van der Waals surface area contributed by atoms with Crippen molar-refractivity contribution >= 4 is 17.7 Å². The molecule has 2 aromatic rings. The van der Waals surface area contributed by atoms with Crippen molar-refractivity contribution in [2.75, 3.05) is 20.8 Å². The number of H-pyrrole nitrogens is 1. The lowest BCUT2D eigenvalue weighted by atomic mass is 9.98. The summed E-state index contributed by atoms with van der Waals surface area (Å²) in [6, 6.07) is 6.11. The SMILES string of the molecule is COC(=O)c1[nH]c(C)c(C(=O)C(C)N(CC(C)C)C(=O)c2ccc(OC)cc2)c1C. The number of Topliss-reactive ketones (excluding diaryl/α,β-unsaturated/α-hetero) is 1. The van der Waals surface area contributed by atoms with E-state index in [4.69, 9.17) is 9.47 Å². The fourth-order valence-electron chi connectivity index (χ4n) is 3.49. The molecule has 1 aromatic heterocycles. The fraction of sp³-hybridized carbons (Fsp3) is 0.435. The van der Waals surface area contributed by atoms with Crippen molar-refractivity contribution < 1.29 is 23.9 Å². The molecule has 0 bridgehead atoms. The molecule has 1 aromatic carbocycles. The monoisotopic (exact) mass is 414 g/mol. The highest BCUT2D eigenvalue weighted by atomic mass is 16.5. The number of methoxy groups -OCH3 is 2. The van der Waals surface area contributed by atoms with Crippen LogP contribution in [0.2, 0.25) is 0 Å². The summed E-state index contributed by atoms with van der Waals surface area (Å²) in [4.78, 5) is 43.1. The fourth-order valence-corrected chi connectivity index (χ4v) is 3.49. The van der Waals surface area contributed by atoms with Gasteiger partial charge in [0.1, 0.15) is 11.4 Å². The minimum Gasteiger partial charge on any atom is -0.497 e. The van der Waals surface area contributed by atoms with E-state index in [1.165, 1.54) is 7.11 Å². The molecule has 1 amide bonds. The van der Waals surface area contributed by atoms with Gasteiger partial charge < -0.3 is 19.4 Å². The number of carbonyl (C=O) groups is 3. The Morgan fingerprint density at radius 1 is 1.03 bits per heavy atom. The number of benzene rings is 1. The summed E-state index contributed by atoms with van der Waals surface area (Å²) in [5.41, 5.74) is 2.25. The van der Waals surface area contributed by atoms with Gasteiger partial charge in [0.2, 0.25) is 0 Å². The Hall–Kier alpha value is -3.09. The topological polar surface area (TPSA) is 88.7 Å². The second-order valence-electron chi connectivity index (χ2n) is 7.74. The van der Waals surface area contributed by atoms with Gasteiger partial charge in [0.25, 0.3) is 5.91 Å². The largest absolute Gasteiger partial charge is 0.497 e. The maximum Gasteiger partial charge on any atom is 0.354 e. The third kappa shape index (κ3) is 4.72. The van der Waals surface area contributed by atoms with Crippen molar-refractivity contribution in [3.63, 3.8) is 0 Å². The molecule has 162 valence electrons. The molecule has 1 N–H and O–H groups in total. The Bertz CT molecular complexity index is 928. The summed E-state index contributed by atoms with van der Waals surface area (Å²) in [6.07, 6.45) is 0. The molecular formula is C23H30N2O5. The quantitative estimate of drug-likeness (QED) is 0.524. The van der Waals surface area contributed by atoms with Gasteiger partial charge in [-0.25, -0.2) is 4.79 Å². The van der Waals surface area contributed by atoms with Crippen LogP contribution in [-0.4, -0.2) is 54.3 Å². The average molecular weight is 415 g/mol. The number of esters is 1. The lowest BCUT2D eigenvalue weighted by Crippen LogP contribution is -2.45. The number of carbonyl (C=O) groups excluding carboxylic acids is 3. The maximum absolute atomic E-state index is 13.4. The molecule has 0 saturated heterocycles. The first-order valence-corrected chi connectivity index (χ1v) is 9.89. The van der Waals surface area contributed by atoms with Crippen LogP contribution < -0.4 is 4.74 Å². The number of nitrogens with one attached hydrogen (secondary N) is 1. The highest BCUT2D eigenvalue weighted by Gasteiger charge is 2.32. The van der Waals surface area contributed by atoms with E-state index in [0.717, 1.165) is 0 Å². The van der Waals surface area contributed by atoms with E-state index in [-0.39, 0.29) is 23.3 Å². The standard InChI is InChI=1S/C23H30N2O5/c1-13(2)12-25(22(27)17-8-10-18(29-6)11-9-17)16(5)21(26)19-14(3)20(23(28)30-7)24-15(19)4/h8-11,13,16,24H,12H2,1-7H3. The summed E-state index contributed by atoms with van der Waals surface area (Å²) < 4.78 is 9.94. The molecule has 2 rings (SSSR count). The second kappa shape index (κ2) is 9.61. The van der Waals surface area contributed by atoms with E-state index in [1.54, 1.807) is 57.0 Å². The molecule has 7 nitrogen and oxygen atoms in total. The zero-order chi connectivity index (χ0) is 22.6. The van der Waals surface area contributed by atoms with Gasteiger partial charge in [-0.15, -0.1) is 0 Å². The second-order valence-corrected chi connectivity index (χ2v) is 7.74. The first-order chi connectivity index (χ1) is 14.1. The summed E-state index contributed by atoms with van der Waals surface area (Å²) in [5, 5.41) is 0. The summed E-state index contributed by atoms with van der Waals surface area (Å²) in [5.74, 6) is -0.165. The van der Waals surface area contributed by atoms with Crippen molar-refractivity contribution in [2.24, 2.45) is 5.92 Å². The van der Waals surface area contributed by atoms with Gasteiger partial charge in [0.05, 0.1) is 20.3 Å². The molecule has 7 heteroatoms. The first-order valence-electron chi connectivity index (χ1n) is 9.89. The number of hydrogen-bond donors (Lipinski definition) is 1. The molecule has 1 atom stereocenters. The van der Waals surface area contributed by atoms with E-state index in [2.05, 4.69) is 4.98 Å². The van der Waals surface area contributed by atoms with Crippen LogP contribution in [0.25, 0.3) is 0 Å². The van der Waals surface area contributed by atoms with Crippen LogP contribution in [0.4, 0.5) is 0 Å². The van der Waals surface area contributed by atoms with E-state index in [9.17, 15) is 14.4 Å². The Labute approximate surface area is 177 Å². The predicted octanol–water partition coefficient (Wildman–Crippen LogP) is 3.80. The highest BCUT2D eigenvalue weighted by Crippen LogP contribution is 2.23. The van der Waals surface area contributed by atoms with Crippen LogP contribution in [0.15, 0.2) is 24.3 Å². The third-order valence-electron chi connectivity index (χ3n) is 5.08. The van der Waals surface area contributed by atoms with E-state index >= 15 is 0 Å². The zero-order valence-corrected chi connectivity index (χ0v) is 18.7. The molecule has 0 aliphatic carbocycles. The number of hydrogen-bond acceptors (Lipinski definition) is 5. The molecule has 0 fully saturated rings. The van der Waals surface area contributed by atoms with Crippen LogP contribution >= 0.6 is 0 Å². The summed E-state index contributed by atoms with van der Waals surface area (Å²) in [7, 11) is 2.85. The number of aryl methyl sites for hydroxylation is 1. The van der Waals surface area contributed by atoms with Gasteiger partial charge >= 0.3 is 5.97 Å². The van der Waals surface area contributed by atoms with Gasteiger partial charge in [-0.05, 0) is 56.5 Å². The average Bonchev–Trinajstić information content (AvgIpc) is 3.03. The van der Waals surface area contributed by atoms with Gasteiger partial charge in [-0.1, -0.05) is 13.8 Å². The number of amides is 1. The molecule has 1 heterocycles. The molecular weight excluding hydrogens is 384 g/mol. The van der Waals surface area contributed by atoms with Gasteiger partial charge in [-0.3, -0.25) is 9.59 Å². The smallest absolute Gasteiger partial charge is 0.354 e. The molecule has 0 spiro atoms. The van der Waals surface area contributed by atoms with Crippen molar-refractivity contribution in [3.05, 3.63) is 52.3 Å². The first kappa shape index (κ1) is 23.2. The zero-order valence-electron chi connectivity index (χ0n) is 18.7. The maximum atomic E-state index is 13.4. The Morgan fingerprint density at radius 2 is 1.63 bits per heavy atom. The molecule has 0 aliphatic rings. The van der Waals surface area contributed by atoms with Gasteiger partial charge in [0.15, 0.2) is 5.78 Å². The van der Waals surface area contributed by atoms with Crippen LogP contribution in [-0.2, 0) is 4.74 Å². The summed E-state index contributed by atoms with van der Waals surface area (Å²) >= 11 is 0. The number of ketones is 1. The number of ether oxygens (including phenoxy) is 2.